The highest BCUT2D eigenvalue weighted by molar-refractivity contribution is 9.10. The fraction of sp³-hybridized carbons (Fsp3) is 0.400. The van der Waals surface area contributed by atoms with Crippen molar-refractivity contribution in [2.45, 2.75) is 12.8 Å². The molecule has 0 aliphatic rings. The number of aromatic nitrogens is 3. The maximum absolute atomic E-state index is 8.64. The van der Waals surface area contributed by atoms with Crippen molar-refractivity contribution < 1.29 is 5.11 Å². The van der Waals surface area contributed by atoms with Crippen molar-refractivity contribution in [2.24, 2.45) is 0 Å². The van der Waals surface area contributed by atoms with Gasteiger partial charge >= 0.3 is 0 Å². The van der Waals surface area contributed by atoms with Gasteiger partial charge in [0.25, 0.3) is 0 Å². The second kappa shape index (κ2) is 5.27. The first kappa shape index (κ1) is 11.3. The Balaban J connectivity index is 2.05. The van der Waals surface area contributed by atoms with E-state index in [9.17, 15) is 0 Å². The summed E-state index contributed by atoms with van der Waals surface area (Å²) in [5.41, 5.74) is 0.798. The molecular weight excluding hydrogens is 272 g/mol. The number of nitrogens with one attached hydrogen (secondary N) is 1. The van der Waals surface area contributed by atoms with Crippen molar-refractivity contribution in [2.75, 3.05) is 18.5 Å². The Morgan fingerprint density at radius 3 is 3.06 bits per heavy atom. The minimum Gasteiger partial charge on any atom is -0.396 e. The van der Waals surface area contributed by atoms with Crippen LogP contribution < -0.4 is 5.32 Å². The number of unbranched alkanes of at least 4 members (excludes halogenated alkanes) is 1. The Bertz CT molecular complexity index is 471. The molecule has 2 N–H and O–H groups in total. The van der Waals surface area contributed by atoms with E-state index in [1.807, 2.05) is 18.3 Å². The van der Waals surface area contributed by atoms with Crippen LogP contribution in [0, 0.1) is 0 Å². The quantitative estimate of drug-likeness (QED) is 0.820. The number of rotatable bonds is 5. The number of halogens is 1. The summed E-state index contributed by atoms with van der Waals surface area (Å²) in [6, 6.07) is 3.83. The zero-order valence-corrected chi connectivity index (χ0v) is 10.3. The third kappa shape index (κ3) is 2.51. The van der Waals surface area contributed by atoms with Gasteiger partial charge in [-0.2, -0.15) is 4.98 Å². The Labute approximate surface area is 102 Å². The van der Waals surface area contributed by atoms with Crippen LogP contribution in [0.1, 0.15) is 12.8 Å². The van der Waals surface area contributed by atoms with Crippen molar-refractivity contribution >= 4 is 27.5 Å². The van der Waals surface area contributed by atoms with Crippen LogP contribution in [0.2, 0.25) is 0 Å². The second-order valence-corrected chi connectivity index (χ2v) is 4.27. The molecule has 0 aliphatic carbocycles. The van der Waals surface area contributed by atoms with Gasteiger partial charge in [-0.15, -0.1) is 5.10 Å². The molecule has 0 aliphatic heterocycles. The van der Waals surface area contributed by atoms with Gasteiger partial charge in [0.15, 0.2) is 5.65 Å². The van der Waals surface area contributed by atoms with Crippen LogP contribution in [-0.2, 0) is 0 Å². The molecule has 0 amide bonds. The number of aliphatic hydroxyl groups is 1. The van der Waals surface area contributed by atoms with Crippen LogP contribution in [0.3, 0.4) is 0 Å². The minimum absolute atomic E-state index is 0.228. The van der Waals surface area contributed by atoms with E-state index in [0.717, 1.165) is 29.5 Å². The number of hydrogen-bond acceptors (Lipinski definition) is 4. The lowest BCUT2D eigenvalue weighted by Gasteiger charge is -1.98. The van der Waals surface area contributed by atoms with Crippen LogP contribution >= 0.6 is 15.9 Å². The molecule has 6 heteroatoms. The van der Waals surface area contributed by atoms with Crippen LogP contribution in [0.25, 0.3) is 5.65 Å². The first-order chi connectivity index (χ1) is 7.81. The average molecular weight is 285 g/mol. The predicted octanol–water partition coefficient (Wildman–Crippen LogP) is 1.68. The van der Waals surface area contributed by atoms with Gasteiger partial charge in [0, 0.05) is 19.3 Å². The highest BCUT2D eigenvalue weighted by atomic mass is 79.9. The van der Waals surface area contributed by atoms with Gasteiger partial charge in [-0.05, 0) is 40.9 Å². The molecule has 0 saturated carbocycles. The van der Waals surface area contributed by atoms with Crippen LogP contribution in [0.4, 0.5) is 5.95 Å². The molecule has 0 atom stereocenters. The first-order valence-corrected chi connectivity index (χ1v) is 5.96. The number of aliphatic hydroxyl groups excluding tert-OH is 1. The lowest BCUT2D eigenvalue weighted by molar-refractivity contribution is 0.286. The summed E-state index contributed by atoms with van der Waals surface area (Å²) in [6.07, 6.45) is 3.56. The molecule has 0 radical (unpaired) electrons. The summed E-state index contributed by atoms with van der Waals surface area (Å²) >= 11 is 3.42. The number of pyridine rings is 1. The molecule has 16 heavy (non-hydrogen) atoms. The number of nitrogens with zero attached hydrogens (tertiary/aromatic N) is 3. The van der Waals surface area contributed by atoms with Crippen molar-refractivity contribution in [3.63, 3.8) is 0 Å². The smallest absolute Gasteiger partial charge is 0.243 e. The van der Waals surface area contributed by atoms with Crippen molar-refractivity contribution in [3.8, 4) is 0 Å². The maximum atomic E-state index is 8.64. The summed E-state index contributed by atoms with van der Waals surface area (Å²) < 4.78 is 2.64. The van der Waals surface area contributed by atoms with Crippen LogP contribution in [-0.4, -0.2) is 32.9 Å². The Morgan fingerprint density at radius 2 is 2.31 bits per heavy atom. The van der Waals surface area contributed by atoms with Gasteiger partial charge < -0.3 is 10.4 Å². The largest absolute Gasteiger partial charge is 0.396 e. The summed E-state index contributed by atoms with van der Waals surface area (Å²) in [6.45, 7) is 1.00. The average Bonchev–Trinajstić information content (AvgIpc) is 2.69. The van der Waals surface area contributed by atoms with Gasteiger partial charge in [0.1, 0.15) is 0 Å². The maximum Gasteiger partial charge on any atom is 0.243 e. The molecule has 2 aromatic rings. The third-order valence-corrected chi connectivity index (χ3v) is 2.80. The number of fused-ring (bicyclic) bond motifs is 1. The molecule has 0 saturated heterocycles. The standard InChI is InChI=1S/C10H13BrN4O/c11-8-4-3-6-15-9(8)13-10(14-15)12-5-1-2-7-16/h3-4,6,16H,1-2,5,7H2,(H,12,14). The van der Waals surface area contributed by atoms with Crippen molar-refractivity contribution in [1.29, 1.82) is 0 Å². The lowest BCUT2D eigenvalue weighted by Crippen LogP contribution is -2.03. The molecule has 0 spiro atoms. The fourth-order valence-electron chi connectivity index (χ4n) is 1.39. The van der Waals surface area contributed by atoms with Gasteiger partial charge in [-0.3, -0.25) is 0 Å². The Kier molecular flexibility index (Phi) is 3.74. The second-order valence-electron chi connectivity index (χ2n) is 3.42. The Morgan fingerprint density at radius 1 is 1.44 bits per heavy atom. The van der Waals surface area contributed by atoms with E-state index in [1.165, 1.54) is 0 Å². The fourth-order valence-corrected chi connectivity index (χ4v) is 1.81. The van der Waals surface area contributed by atoms with E-state index < -0.39 is 0 Å². The molecular formula is C10H13BrN4O. The highest BCUT2D eigenvalue weighted by Crippen LogP contribution is 2.16. The summed E-state index contributed by atoms with van der Waals surface area (Å²) in [4.78, 5) is 4.34. The van der Waals surface area contributed by atoms with E-state index >= 15 is 0 Å². The van der Waals surface area contributed by atoms with E-state index in [-0.39, 0.29) is 6.61 Å². The Hall–Kier alpha value is -1.14. The molecule has 2 aromatic heterocycles. The molecule has 5 nitrogen and oxygen atoms in total. The van der Waals surface area contributed by atoms with Gasteiger partial charge in [0.2, 0.25) is 5.95 Å². The zero-order chi connectivity index (χ0) is 11.4. The van der Waals surface area contributed by atoms with Crippen LogP contribution in [0.15, 0.2) is 22.8 Å². The third-order valence-electron chi connectivity index (χ3n) is 2.18. The van der Waals surface area contributed by atoms with Gasteiger partial charge in [-0.25, -0.2) is 4.52 Å². The molecule has 2 heterocycles. The summed E-state index contributed by atoms with van der Waals surface area (Å²) in [7, 11) is 0. The lowest BCUT2D eigenvalue weighted by atomic mass is 10.3. The van der Waals surface area contributed by atoms with Gasteiger partial charge in [0.05, 0.1) is 4.47 Å². The molecule has 0 fully saturated rings. The minimum atomic E-state index is 0.228. The highest BCUT2D eigenvalue weighted by Gasteiger charge is 2.04. The SMILES string of the molecule is OCCCCNc1nc2c(Br)cccn2n1. The van der Waals surface area contributed by atoms with E-state index in [4.69, 9.17) is 5.11 Å². The predicted molar refractivity (Wildman–Crippen MR) is 65.5 cm³/mol. The van der Waals surface area contributed by atoms with Gasteiger partial charge in [-0.1, -0.05) is 0 Å². The first-order valence-electron chi connectivity index (χ1n) is 5.17. The van der Waals surface area contributed by atoms with Crippen molar-refractivity contribution in [1.82, 2.24) is 14.6 Å². The number of anilines is 1. The van der Waals surface area contributed by atoms with Crippen molar-refractivity contribution in [3.05, 3.63) is 22.8 Å². The molecule has 0 unspecified atom stereocenters. The summed E-state index contributed by atoms with van der Waals surface area (Å²) in [5, 5.41) is 16.0. The topological polar surface area (TPSA) is 62.5 Å². The molecule has 0 bridgehead atoms. The molecule has 0 aromatic carbocycles. The van der Waals surface area contributed by atoms with E-state index in [1.54, 1.807) is 4.52 Å². The molecule has 2 rings (SSSR count). The van der Waals surface area contributed by atoms with E-state index in [2.05, 4.69) is 31.3 Å². The summed E-state index contributed by atoms with van der Waals surface area (Å²) in [5.74, 6) is 0.616. The van der Waals surface area contributed by atoms with E-state index in [0.29, 0.717) is 5.95 Å². The zero-order valence-electron chi connectivity index (χ0n) is 8.73. The molecule has 86 valence electrons. The monoisotopic (exact) mass is 284 g/mol. The normalized spacial score (nSPS) is 10.9. The number of hydrogen-bond donors (Lipinski definition) is 2. The van der Waals surface area contributed by atoms with Crippen LogP contribution in [0.5, 0.6) is 0 Å².